The molecule has 1 aromatic heterocycles. The zero-order chi connectivity index (χ0) is 13.0. The van der Waals surface area contributed by atoms with Crippen LogP contribution in [0.1, 0.15) is 19.8 Å². The molecule has 2 heterocycles. The fourth-order valence-corrected chi connectivity index (χ4v) is 1.73. The predicted molar refractivity (Wildman–Crippen MR) is 66.3 cm³/mol. The second kappa shape index (κ2) is 5.78. The number of rotatable bonds is 5. The van der Waals surface area contributed by atoms with E-state index >= 15 is 0 Å². The number of nitrogen functional groups attached to an aromatic ring is 1. The first-order chi connectivity index (χ1) is 8.72. The monoisotopic (exact) mass is 254 g/mol. The molecule has 0 radical (unpaired) electrons. The number of hydrogen-bond donors (Lipinski definition) is 3. The molecule has 1 aromatic rings. The smallest absolute Gasteiger partial charge is 0.323 e. The maximum absolute atomic E-state index is 9.51. The number of aliphatic hydroxyl groups is 1. The molecule has 1 aliphatic rings. The first-order valence-corrected chi connectivity index (χ1v) is 6.01. The highest BCUT2D eigenvalue weighted by atomic mass is 16.5. The second-order valence-electron chi connectivity index (χ2n) is 4.12. The van der Waals surface area contributed by atoms with Crippen LogP contribution in [0.2, 0.25) is 0 Å². The summed E-state index contributed by atoms with van der Waals surface area (Å²) in [5.74, 6) is 6.05. The molecule has 18 heavy (non-hydrogen) atoms. The summed E-state index contributed by atoms with van der Waals surface area (Å²) in [6.07, 6.45) is 1.24. The van der Waals surface area contributed by atoms with E-state index in [-0.39, 0.29) is 18.1 Å². The number of hydrogen-bond acceptors (Lipinski definition) is 8. The van der Waals surface area contributed by atoms with E-state index in [1.54, 1.807) is 0 Å². The lowest BCUT2D eigenvalue weighted by atomic mass is 10.3. The van der Waals surface area contributed by atoms with Crippen molar-refractivity contribution < 1.29 is 9.84 Å². The largest absolute Gasteiger partial charge is 0.463 e. The minimum atomic E-state index is -0.337. The van der Waals surface area contributed by atoms with Crippen LogP contribution in [0.25, 0.3) is 0 Å². The fourth-order valence-electron chi connectivity index (χ4n) is 1.73. The van der Waals surface area contributed by atoms with Crippen molar-refractivity contribution in [1.82, 2.24) is 15.0 Å². The molecule has 8 nitrogen and oxygen atoms in total. The Balaban J connectivity index is 2.17. The lowest BCUT2D eigenvalue weighted by molar-refractivity contribution is 0.198. The van der Waals surface area contributed by atoms with Gasteiger partial charge in [-0.1, -0.05) is 6.92 Å². The molecular weight excluding hydrogens is 236 g/mol. The molecule has 1 unspecified atom stereocenters. The number of aliphatic hydroxyl groups excluding tert-OH is 1. The molecule has 0 spiro atoms. The van der Waals surface area contributed by atoms with Gasteiger partial charge in [-0.05, 0) is 12.8 Å². The average molecular weight is 254 g/mol. The number of hydrazine groups is 1. The molecule has 0 aromatic carbocycles. The molecule has 1 fully saturated rings. The van der Waals surface area contributed by atoms with Crippen molar-refractivity contribution in [3.05, 3.63) is 0 Å². The van der Waals surface area contributed by atoms with Crippen LogP contribution in [0.5, 0.6) is 6.01 Å². The van der Waals surface area contributed by atoms with E-state index in [2.05, 4.69) is 20.4 Å². The summed E-state index contributed by atoms with van der Waals surface area (Å²) in [7, 11) is 0. The van der Waals surface area contributed by atoms with Crippen LogP contribution in [0.4, 0.5) is 11.9 Å². The van der Waals surface area contributed by atoms with Crippen molar-refractivity contribution in [2.45, 2.75) is 25.9 Å². The highest BCUT2D eigenvalue weighted by Crippen LogP contribution is 2.19. The lowest BCUT2D eigenvalue weighted by Gasteiger charge is -2.16. The molecule has 0 aliphatic carbocycles. The van der Waals surface area contributed by atoms with E-state index in [1.165, 1.54) is 0 Å². The topological polar surface area (TPSA) is 109 Å². The summed E-state index contributed by atoms with van der Waals surface area (Å²) in [5, 5.41) is 9.51. The molecule has 0 saturated carbocycles. The van der Waals surface area contributed by atoms with E-state index in [4.69, 9.17) is 10.6 Å². The molecule has 2 rings (SSSR count). The zero-order valence-electron chi connectivity index (χ0n) is 10.3. The molecular formula is C10H18N6O2. The summed E-state index contributed by atoms with van der Waals surface area (Å²) in [4.78, 5) is 14.3. The van der Waals surface area contributed by atoms with Gasteiger partial charge in [-0.15, -0.1) is 0 Å². The Labute approximate surface area is 105 Å². The van der Waals surface area contributed by atoms with Gasteiger partial charge in [-0.3, -0.25) is 5.43 Å². The van der Waals surface area contributed by atoms with Crippen LogP contribution in [0.3, 0.4) is 0 Å². The van der Waals surface area contributed by atoms with Crippen molar-refractivity contribution >= 4 is 11.9 Å². The normalized spacial score (nSPS) is 19.1. The van der Waals surface area contributed by atoms with Crippen molar-refractivity contribution in [2.75, 3.05) is 30.0 Å². The van der Waals surface area contributed by atoms with Crippen LogP contribution >= 0.6 is 0 Å². The van der Waals surface area contributed by atoms with Gasteiger partial charge in [0.15, 0.2) is 0 Å². The highest BCUT2D eigenvalue weighted by molar-refractivity contribution is 5.38. The molecule has 0 amide bonds. The number of nitrogens with two attached hydrogens (primary N) is 1. The summed E-state index contributed by atoms with van der Waals surface area (Å²) in [6.45, 7) is 3.76. The van der Waals surface area contributed by atoms with Crippen LogP contribution in [0.15, 0.2) is 0 Å². The van der Waals surface area contributed by atoms with E-state index in [9.17, 15) is 5.11 Å². The van der Waals surface area contributed by atoms with Gasteiger partial charge in [0.25, 0.3) is 0 Å². The van der Waals surface area contributed by atoms with Crippen LogP contribution in [-0.4, -0.2) is 45.9 Å². The van der Waals surface area contributed by atoms with Gasteiger partial charge in [0.05, 0.1) is 12.7 Å². The van der Waals surface area contributed by atoms with Crippen LogP contribution < -0.4 is 20.9 Å². The number of nitrogens with one attached hydrogen (secondary N) is 1. The SMILES string of the molecule is CCCOc1nc(NN)nc(N2CCC(O)C2)n1. The summed E-state index contributed by atoms with van der Waals surface area (Å²) < 4.78 is 5.38. The maximum atomic E-state index is 9.51. The Morgan fingerprint density at radius 2 is 2.33 bits per heavy atom. The van der Waals surface area contributed by atoms with Gasteiger partial charge in [-0.2, -0.15) is 15.0 Å². The molecule has 0 bridgehead atoms. The fraction of sp³-hybridized carbons (Fsp3) is 0.700. The number of nitrogens with zero attached hydrogens (tertiary/aromatic N) is 4. The Morgan fingerprint density at radius 1 is 1.50 bits per heavy atom. The van der Waals surface area contributed by atoms with Gasteiger partial charge in [0, 0.05) is 13.1 Å². The van der Waals surface area contributed by atoms with Gasteiger partial charge in [0.2, 0.25) is 11.9 Å². The second-order valence-corrected chi connectivity index (χ2v) is 4.12. The van der Waals surface area contributed by atoms with Crippen molar-refractivity contribution in [2.24, 2.45) is 5.84 Å². The lowest BCUT2D eigenvalue weighted by Crippen LogP contribution is -2.25. The zero-order valence-corrected chi connectivity index (χ0v) is 10.3. The van der Waals surface area contributed by atoms with Crippen molar-refractivity contribution in [3.8, 4) is 6.01 Å². The predicted octanol–water partition coefficient (Wildman–Crippen LogP) is -0.483. The first kappa shape index (κ1) is 12.8. The summed E-state index contributed by atoms with van der Waals surface area (Å²) >= 11 is 0. The number of ether oxygens (including phenoxy) is 1. The third kappa shape index (κ3) is 2.96. The van der Waals surface area contributed by atoms with E-state index in [0.29, 0.717) is 32.1 Å². The van der Waals surface area contributed by atoms with Crippen molar-refractivity contribution in [3.63, 3.8) is 0 Å². The Bertz CT molecular complexity index is 402. The van der Waals surface area contributed by atoms with Gasteiger partial charge in [-0.25, -0.2) is 5.84 Å². The van der Waals surface area contributed by atoms with Crippen LogP contribution in [0, 0.1) is 0 Å². The van der Waals surface area contributed by atoms with Gasteiger partial charge < -0.3 is 14.7 Å². The molecule has 1 saturated heterocycles. The number of aromatic nitrogens is 3. The summed E-state index contributed by atoms with van der Waals surface area (Å²) in [6, 6.07) is 0.246. The Kier molecular flexibility index (Phi) is 4.11. The standard InChI is InChI=1S/C10H18N6O2/c1-2-5-18-10-13-8(15-11)12-9(14-10)16-4-3-7(17)6-16/h7,17H,2-6,11H2,1H3,(H,12,13,14,15). The van der Waals surface area contributed by atoms with Gasteiger partial charge >= 0.3 is 6.01 Å². The molecule has 100 valence electrons. The molecule has 8 heteroatoms. The van der Waals surface area contributed by atoms with E-state index in [1.807, 2.05) is 11.8 Å². The van der Waals surface area contributed by atoms with E-state index in [0.717, 1.165) is 6.42 Å². The third-order valence-electron chi connectivity index (χ3n) is 2.61. The summed E-state index contributed by atoms with van der Waals surface area (Å²) in [5.41, 5.74) is 2.39. The first-order valence-electron chi connectivity index (χ1n) is 6.01. The van der Waals surface area contributed by atoms with Crippen molar-refractivity contribution in [1.29, 1.82) is 0 Å². The third-order valence-corrected chi connectivity index (χ3v) is 2.61. The number of β-amino-alcohol motifs (C(OH)–C–C–N with tert-alkyl or cyclic N) is 1. The molecule has 4 N–H and O–H groups in total. The number of anilines is 2. The highest BCUT2D eigenvalue weighted by Gasteiger charge is 2.23. The quantitative estimate of drug-likeness (QED) is 0.477. The molecule has 1 atom stereocenters. The Hall–Kier alpha value is -1.67. The average Bonchev–Trinajstić information content (AvgIpc) is 2.82. The minimum Gasteiger partial charge on any atom is -0.463 e. The molecule has 1 aliphatic heterocycles. The maximum Gasteiger partial charge on any atom is 0.323 e. The minimum absolute atomic E-state index is 0.246. The van der Waals surface area contributed by atoms with Crippen LogP contribution in [-0.2, 0) is 0 Å². The van der Waals surface area contributed by atoms with Gasteiger partial charge in [0.1, 0.15) is 0 Å². The van der Waals surface area contributed by atoms with E-state index < -0.39 is 0 Å². The Morgan fingerprint density at radius 3 is 2.94 bits per heavy atom.